The van der Waals surface area contributed by atoms with Gasteiger partial charge in [-0.1, -0.05) is 30.3 Å². The molecule has 0 unspecified atom stereocenters. The van der Waals surface area contributed by atoms with E-state index in [1.165, 1.54) is 4.90 Å². The number of para-hydroxylation sites is 2. The predicted molar refractivity (Wildman–Crippen MR) is 112 cm³/mol. The van der Waals surface area contributed by atoms with Gasteiger partial charge in [-0.15, -0.1) is 0 Å². The molecule has 0 aliphatic carbocycles. The van der Waals surface area contributed by atoms with E-state index in [1.807, 2.05) is 30.3 Å². The van der Waals surface area contributed by atoms with E-state index in [-0.39, 0.29) is 18.2 Å². The van der Waals surface area contributed by atoms with Gasteiger partial charge in [0.25, 0.3) is 5.91 Å². The SMILES string of the molecule is CCOC(=O)c1ccccc1Nc1cc(C(=O)N(C)c2ccccc2)nc(C)n1. The van der Waals surface area contributed by atoms with Gasteiger partial charge in [0.2, 0.25) is 0 Å². The molecule has 2 aromatic carbocycles. The molecule has 1 aromatic heterocycles. The number of aryl methyl sites for hydroxylation is 1. The van der Waals surface area contributed by atoms with Crippen molar-refractivity contribution in [3.63, 3.8) is 0 Å². The van der Waals surface area contributed by atoms with Crippen molar-refractivity contribution in [1.82, 2.24) is 9.97 Å². The molecule has 0 bridgehead atoms. The smallest absolute Gasteiger partial charge is 0.340 e. The largest absolute Gasteiger partial charge is 0.462 e. The summed E-state index contributed by atoms with van der Waals surface area (Å²) in [5, 5.41) is 3.10. The van der Waals surface area contributed by atoms with Gasteiger partial charge in [0, 0.05) is 18.8 Å². The van der Waals surface area contributed by atoms with Gasteiger partial charge in [0.15, 0.2) is 0 Å². The molecule has 1 amide bonds. The number of aromatic nitrogens is 2. The van der Waals surface area contributed by atoms with E-state index in [2.05, 4.69) is 15.3 Å². The maximum Gasteiger partial charge on any atom is 0.340 e. The molecule has 0 spiro atoms. The second kappa shape index (κ2) is 8.97. The van der Waals surface area contributed by atoms with E-state index in [4.69, 9.17) is 4.74 Å². The van der Waals surface area contributed by atoms with E-state index < -0.39 is 5.97 Å². The summed E-state index contributed by atoms with van der Waals surface area (Å²) in [7, 11) is 1.69. The summed E-state index contributed by atoms with van der Waals surface area (Å²) in [5.74, 6) is 0.164. The molecular formula is C22H22N4O3. The second-order valence-corrected chi connectivity index (χ2v) is 6.28. The zero-order valence-electron chi connectivity index (χ0n) is 16.5. The van der Waals surface area contributed by atoms with Crippen LogP contribution < -0.4 is 10.2 Å². The van der Waals surface area contributed by atoms with Crippen molar-refractivity contribution >= 4 is 29.1 Å². The van der Waals surface area contributed by atoms with Crippen molar-refractivity contribution < 1.29 is 14.3 Å². The lowest BCUT2D eigenvalue weighted by Gasteiger charge is -2.17. The fraction of sp³-hybridized carbons (Fsp3) is 0.182. The highest BCUT2D eigenvalue weighted by Crippen LogP contribution is 2.22. The maximum absolute atomic E-state index is 12.9. The van der Waals surface area contributed by atoms with Crippen LogP contribution >= 0.6 is 0 Å². The number of esters is 1. The number of rotatable bonds is 6. The Balaban J connectivity index is 1.89. The van der Waals surface area contributed by atoms with Gasteiger partial charge >= 0.3 is 5.97 Å². The van der Waals surface area contributed by atoms with Gasteiger partial charge in [-0.05, 0) is 38.1 Å². The van der Waals surface area contributed by atoms with Crippen molar-refractivity contribution in [3.8, 4) is 0 Å². The van der Waals surface area contributed by atoms with Crippen LogP contribution in [0.15, 0.2) is 60.7 Å². The molecule has 1 N–H and O–H groups in total. The third-order valence-electron chi connectivity index (χ3n) is 4.19. The Bertz CT molecular complexity index is 1020. The van der Waals surface area contributed by atoms with Crippen LogP contribution in [0, 0.1) is 6.92 Å². The minimum Gasteiger partial charge on any atom is -0.462 e. The molecule has 0 radical (unpaired) electrons. The quantitative estimate of drug-likeness (QED) is 0.641. The second-order valence-electron chi connectivity index (χ2n) is 6.28. The molecule has 3 aromatic rings. The first-order valence-corrected chi connectivity index (χ1v) is 9.21. The molecule has 1 heterocycles. The number of amides is 1. The van der Waals surface area contributed by atoms with Crippen LogP contribution in [0.3, 0.4) is 0 Å². The Kier molecular flexibility index (Phi) is 6.19. The number of nitrogens with zero attached hydrogens (tertiary/aromatic N) is 3. The summed E-state index contributed by atoms with van der Waals surface area (Å²) >= 11 is 0. The van der Waals surface area contributed by atoms with Crippen LogP contribution in [-0.2, 0) is 4.74 Å². The number of carbonyl (C=O) groups excluding carboxylic acids is 2. The molecule has 0 saturated carbocycles. The van der Waals surface area contributed by atoms with Crippen LogP contribution in [-0.4, -0.2) is 35.5 Å². The zero-order valence-corrected chi connectivity index (χ0v) is 16.5. The lowest BCUT2D eigenvalue weighted by Crippen LogP contribution is -2.27. The highest BCUT2D eigenvalue weighted by Gasteiger charge is 2.18. The highest BCUT2D eigenvalue weighted by molar-refractivity contribution is 6.05. The van der Waals surface area contributed by atoms with Gasteiger partial charge in [-0.25, -0.2) is 14.8 Å². The van der Waals surface area contributed by atoms with Gasteiger partial charge in [-0.3, -0.25) is 4.79 Å². The Morgan fingerprint density at radius 2 is 1.72 bits per heavy atom. The first-order valence-electron chi connectivity index (χ1n) is 9.21. The molecular weight excluding hydrogens is 368 g/mol. The number of hydrogen-bond donors (Lipinski definition) is 1. The first kappa shape index (κ1) is 20.0. The van der Waals surface area contributed by atoms with Crippen molar-refractivity contribution in [2.75, 3.05) is 23.9 Å². The van der Waals surface area contributed by atoms with E-state index >= 15 is 0 Å². The monoisotopic (exact) mass is 390 g/mol. The predicted octanol–water partition coefficient (Wildman–Crippen LogP) is 3.98. The first-order chi connectivity index (χ1) is 14.0. The van der Waals surface area contributed by atoms with E-state index in [0.717, 1.165) is 5.69 Å². The van der Waals surface area contributed by atoms with Crippen molar-refractivity contribution in [3.05, 3.63) is 77.7 Å². The van der Waals surface area contributed by atoms with Gasteiger partial charge < -0.3 is 15.0 Å². The third kappa shape index (κ3) is 4.76. The standard InChI is InChI=1S/C22H22N4O3/c1-4-29-22(28)17-12-8-9-13-18(17)25-20-14-19(23-15(2)24-20)21(27)26(3)16-10-6-5-7-11-16/h5-14H,4H2,1-3H3,(H,23,24,25). The van der Waals surface area contributed by atoms with Gasteiger partial charge in [0.1, 0.15) is 17.3 Å². The third-order valence-corrected chi connectivity index (χ3v) is 4.19. The van der Waals surface area contributed by atoms with Crippen LogP contribution in [0.2, 0.25) is 0 Å². The number of hydrogen-bond acceptors (Lipinski definition) is 6. The van der Waals surface area contributed by atoms with Crippen LogP contribution in [0.1, 0.15) is 33.6 Å². The van der Waals surface area contributed by atoms with Crippen molar-refractivity contribution in [2.24, 2.45) is 0 Å². The fourth-order valence-corrected chi connectivity index (χ4v) is 2.80. The molecule has 7 nitrogen and oxygen atoms in total. The Morgan fingerprint density at radius 1 is 1.03 bits per heavy atom. The summed E-state index contributed by atoms with van der Waals surface area (Å²) in [5.41, 5.74) is 1.94. The topological polar surface area (TPSA) is 84.4 Å². The number of benzene rings is 2. The molecule has 0 atom stereocenters. The van der Waals surface area contributed by atoms with Crippen LogP contribution in [0.4, 0.5) is 17.2 Å². The van der Waals surface area contributed by atoms with Gasteiger partial charge in [-0.2, -0.15) is 0 Å². The maximum atomic E-state index is 12.9. The lowest BCUT2D eigenvalue weighted by molar-refractivity contribution is 0.0527. The minimum atomic E-state index is -0.429. The molecule has 0 aliphatic heterocycles. The lowest BCUT2D eigenvalue weighted by atomic mass is 10.1. The summed E-state index contributed by atoms with van der Waals surface area (Å²) < 4.78 is 5.10. The van der Waals surface area contributed by atoms with Crippen molar-refractivity contribution in [2.45, 2.75) is 13.8 Å². The molecule has 0 aliphatic rings. The number of carbonyl (C=O) groups is 2. The number of ether oxygens (including phenoxy) is 1. The number of nitrogens with one attached hydrogen (secondary N) is 1. The fourth-order valence-electron chi connectivity index (χ4n) is 2.80. The van der Waals surface area contributed by atoms with E-state index in [1.54, 1.807) is 51.2 Å². The normalized spacial score (nSPS) is 10.3. The Morgan fingerprint density at radius 3 is 2.45 bits per heavy atom. The summed E-state index contributed by atoms with van der Waals surface area (Å²) in [6.07, 6.45) is 0. The van der Waals surface area contributed by atoms with Crippen LogP contribution in [0.5, 0.6) is 0 Å². The minimum absolute atomic E-state index is 0.250. The zero-order chi connectivity index (χ0) is 20.8. The molecule has 148 valence electrons. The molecule has 7 heteroatoms. The van der Waals surface area contributed by atoms with Crippen LogP contribution in [0.25, 0.3) is 0 Å². The molecule has 3 rings (SSSR count). The van der Waals surface area contributed by atoms with Crippen molar-refractivity contribution in [1.29, 1.82) is 0 Å². The van der Waals surface area contributed by atoms with E-state index in [9.17, 15) is 9.59 Å². The molecule has 0 saturated heterocycles. The molecule has 29 heavy (non-hydrogen) atoms. The summed E-state index contributed by atoms with van der Waals surface area (Å²) in [6.45, 7) is 3.74. The Hall–Kier alpha value is -3.74. The Labute approximate surface area is 169 Å². The average molecular weight is 390 g/mol. The summed E-state index contributed by atoms with van der Waals surface area (Å²) in [6, 6.07) is 17.9. The van der Waals surface area contributed by atoms with Gasteiger partial charge in [0.05, 0.1) is 17.9 Å². The number of anilines is 3. The molecule has 0 fully saturated rings. The van der Waals surface area contributed by atoms with E-state index in [0.29, 0.717) is 22.9 Å². The highest BCUT2D eigenvalue weighted by atomic mass is 16.5. The summed E-state index contributed by atoms with van der Waals surface area (Å²) in [4.78, 5) is 35.2. The average Bonchev–Trinajstić information content (AvgIpc) is 2.73.